The van der Waals surface area contributed by atoms with Gasteiger partial charge in [0.2, 0.25) is 0 Å². The van der Waals surface area contributed by atoms with Gasteiger partial charge in [-0.3, -0.25) is 9.88 Å². The average Bonchev–Trinajstić information content (AvgIpc) is 2.22. The summed E-state index contributed by atoms with van der Waals surface area (Å²) < 4.78 is 1.06. The second-order valence-corrected chi connectivity index (χ2v) is 4.95. The van der Waals surface area contributed by atoms with Crippen molar-refractivity contribution < 1.29 is 0 Å². The second kappa shape index (κ2) is 6.55. The average molecular weight is 307 g/mol. The Morgan fingerprint density at radius 2 is 2.38 bits per heavy atom. The number of pyridine rings is 1. The number of piperazine rings is 1. The van der Waals surface area contributed by atoms with E-state index in [2.05, 4.69) is 44.1 Å². The predicted octanol–water partition coefficient (Wildman–Crippen LogP) is 2.06. The molecule has 0 radical (unpaired) electrons. The molecule has 0 saturated carbocycles. The summed E-state index contributed by atoms with van der Waals surface area (Å²) in [5.41, 5.74) is 1.28. The fraction of sp³-hybridized carbons (Fsp3) is 0.545. The SMILES string of the molecule is C[C@@H]1CNCCN1Cc1cncc(Br)c1.Cl. The molecule has 0 aliphatic carbocycles. The van der Waals surface area contributed by atoms with Crippen LogP contribution in [0.5, 0.6) is 0 Å². The Morgan fingerprint density at radius 1 is 1.56 bits per heavy atom. The number of hydrogen-bond acceptors (Lipinski definition) is 3. The molecule has 1 aromatic rings. The minimum Gasteiger partial charge on any atom is -0.314 e. The van der Waals surface area contributed by atoms with Gasteiger partial charge in [-0.25, -0.2) is 0 Å². The highest BCUT2D eigenvalue weighted by Crippen LogP contribution is 2.13. The lowest BCUT2D eigenvalue weighted by Gasteiger charge is -2.33. The van der Waals surface area contributed by atoms with Crippen molar-refractivity contribution in [2.75, 3.05) is 19.6 Å². The van der Waals surface area contributed by atoms with Crippen molar-refractivity contribution in [1.82, 2.24) is 15.2 Å². The van der Waals surface area contributed by atoms with Gasteiger partial charge in [-0.05, 0) is 34.5 Å². The third-order valence-electron chi connectivity index (χ3n) is 2.79. The standard InChI is InChI=1S/C11H16BrN3.ClH/c1-9-5-13-2-3-15(9)8-10-4-11(12)7-14-6-10;/h4,6-7,9,13H,2-3,5,8H2,1H3;1H/t9-;/m1./s1. The lowest BCUT2D eigenvalue weighted by Crippen LogP contribution is -2.49. The van der Waals surface area contributed by atoms with Crippen LogP contribution in [0.4, 0.5) is 0 Å². The van der Waals surface area contributed by atoms with E-state index in [4.69, 9.17) is 0 Å². The number of halogens is 2. The van der Waals surface area contributed by atoms with Crippen molar-refractivity contribution in [2.24, 2.45) is 0 Å². The minimum atomic E-state index is 0. The van der Waals surface area contributed by atoms with E-state index in [0.29, 0.717) is 6.04 Å². The van der Waals surface area contributed by atoms with Crippen molar-refractivity contribution in [3.8, 4) is 0 Å². The molecule has 0 unspecified atom stereocenters. The van der Waals surface area contributed by atoms with Crippen LogP contribution in [0.15, 0.2) is 22.9 Å². The molecule has 2 heterocycles. The molecule has 2 rings (SSSR count). The summed E-state index contributed by atoms with van der Waals surface area (Å²) in [6.45, 7) is 6.55. The first-order chi connectivity index (χ1) is 7.25. The number of nitrogens with zero attached hydrogens (tertiary/aromatic N) is 2. The first kappa shape index (κ1) is 13.9. The van der Waals surface area contributed by atoms with E-state index in [0.717, 1.165) is 30.7 Å². The highest BCUT2D eigenvalue weighted by atomic mass is 79.9. The largest absolute Gasteiger partial charge is 0.314 e. The first-order valence-electron chi connectivity index (χ1n) is 5.30. The quantitative estimate of drug-likeness (QED) is 0.906. The van der Waals surface area contributed by atoms with Crippen LogP contribution in [0, 0.1) is 0 Å². The third kappa shape index (κ3) is 3.70. The third-order valence-corrected chi connectivity index (χ3v) is 3.22. The van der Waals surface area contributed by atoms with Gasteiger partial charge < -0.3 is 5.32 Å². The molecule has 0 aromatic carbocycles. The van der Waals surface area contributed by atoms with E-state index < -0.39 is 0 Å². The summed E-state index contributed by atoms with van der Waals surface area (Å²) in [6.07, 6.45) is 3.77. The maximum atomic E-state index is 4.19. The normalized spacial score (nSPS) is 21.5. The molecule has 1 fully saturated rings. The van der Waals surface area contributed by atoms with Crippen LogP contribution < -0.4 is 5.32 Å². The molecule has 1 aromatic heterocycles. The van der Waals surface area contributed by atoms with Crippen molar-refractivity contribution in [2.45, 2.75) is 19.5 Å². The summed E-state index contributed by atoms with van der Waals surface area (Å²) in [6, 6.07) is 2.75. The van der Waals surface area contributed by atoms with Gasteiger partial charge in [0.1, 0.15) is 0 Å². The van der Waals surface area contributed by atoms with Crippen LogP contribution in [0.2, 0.25) is 0 Å². The molecule has 1 aliphatic heterocycles. The Bertz CT molecular complexity index is 335. The molecular formula is C11H17BrClN3. The van der Waals surface area contributed by atoms with Crippen molar-refractivity contribution in [1.29, 1.82) is 0 Å². The molecular weight excluding hydrogens is 289 g/mol. The molecule has 5 heteroatoms. The number of hydrogen-bond donors (Lipinski definition) is 1. The maximum absolute atomic E-state index is 4.19. The monoisotopic (exact) mass is 305 g/mol. The summed E-state index contributed by atoms with van der Waals surface area (Å²) >= 11 is 3.45. The second-order valence-electron chi connectivity index (χ2n) is 4.04. The van der Waals surface area contributed by atoms with E-state index in [1.165, 1.54) is 5.56 Å². The topological polar surface area (TPSA) is 28.2 Å². The lowest BCUT2D eigenvalue weighted by molar-refractivity contribution is 0.165. The maximum Gasteiger partial charge on any atom is 0.0410 e. The Hall–Kier alpha value is -0.160. The summed E-state index contributed by atoms with van der Waals surface area (Å²) in [5.74, 6) is 0. The molecule has 1 aliphatic rings. The van der Waals surface area contributed by atoms with Crippen LogP contribution in [0.25, 0.3) is 0 Å². The molecule has 90 valence electrons. The van der Waals surface area contributed by atoms with E-state index in [1.54, 1.807) is 0 Å². The van der Waals surface area contributed by atoms with Gasteiger partial charge in [0.15, 0.2) is 0 Å². The van der Waals surface area contributed by atoms with Gasteiger partial charge in [-0.15, -0.1) is 12.4 Å². The Labute approximate surface area is 111 Å². The zero-order valence-electron chi connectivity index (χ0n) is 9.32. The van der Waals surface area contributed by atoms with Gasteiger partial charge in [0, 0.05) is 49.1 Å². The van der Waals surface area contributed by atoms with Crippen molar-refractivity contribution in [3.63, 3.8) is 0 Å². The highest BCUT2D eigenvalue weighted by molar-refractivity contribution is 9.10. The Kier molecular flexibility index (Phi) is 5.69. The Balaban J connectivity index is 0.00000128. The molecule has 0 bridgehead atoms. The van der Waals surface area contributed by atoms with Crippen LogP contribution in [0.1, 0.15) is 12.5 Å². The minimum absolute atomic E-state index is 0. The van der Waals surface area contributed by atoms with Crippen LogP contribution in [-0.4, -0.2) is 35.6 Å². The van der Waals surface area contributed by atoms with Gasteiger partial charge in [0.05, 0.1) is 0 Å². The van der Waals surface area contributed by atoms with E-state index in [1.807, 2.05) is 12.4 Å². The van der Waals surface area contributed by atoms with Crippen molar-refractivity contribution >= 4 is 28.3 Å². The summed E-state index contributed by atoms with van der Waals surface area (Å²) in [4.78, 5) is 6.67. The molecule has 0 spiro atoms. The number of nitrogens with one attached hydrogen (secondary N) is 1. The van der Waals surface area contributed by atoms with Crippen molar-refractivity contribution in [3.05, 3.63) is 28.5 Å². The highest BCUT2D eigenvalue weighted by Gasteiger charge is 2.17. The van der Waals surface area contributed by atoms with Gasteiger partial charge in [0.25, 0.3) is 0 Å². The van der Waals surface area contributed by atoms with Gasteiger partial charge in [-0.2, -0.15) is 0 Å². The fourth-order valence-electron chi connectivity index (χ4n) is 1.89. The molecule has 1 atom stereocenters. The number of rotatable bonds is 2. The summed E-state index contributed by atoms with van der Waals surface area (Å²) in [7, 11) is 0. The summed E-state index contributed by atoms with van der Waals surface area (Å²) in [5, 5.41) is 3.40. The Morgan fingerprint density at radius 3 is 3.06 bits per heavy atom. The molecule has 0 amide bonds. The van der Waals surface area contributed by atoms with Gasteiger partial charge in [-0.1, -0.05) is 0 Å². The smallest absolute Gasteiger partial charge is 0.0410 e. The van der Waals surface area contributed by atoms with Crippen LogP contribution in [0.3, 0.4) is 0 Å². The predicted molar refractivity (Wildman–Crippen MR) is 71.9 cm³/mol. The first-order valence-corrected chi connectivity index (χ1v) is 6.09. The molecule has 3 nitrogen and oxygen atoms in total. The molecule has 1 saturated heterocycles. The number of aromatic nitrogens is 1. The fourth-order valence-corrected chi connectivity index (χ4v) is 2.31. The molecule has 1 N–H and O–H groups in total. The molecule has 16 heavy (non-hydrogen) atoms. The van der Waals surface area contributed by atoms with Crippen LogP contribution >= 0.6 is 28.3 Å². The zero-order valence-corrected chi connectivity index (χ0v) is 11.7. The van der Waals surface area contributed by atoms with Gasteiger partial charge >= 0.3 is 0 Å². The van der Waals surface area contributed by atoms with E-state index >= 15 is 0 Å². The van der Waals surface area contributed by atoms with E-state index in [9.17, 15) is 0 Å². The van der Waals surface area contributed by atoms with Crippen LogP contribution in [-0.2, 0) is 6.54 Å². The lowest BCUT2D eigenvalue weighted by atomic mass is 10.2. The zero-order chi connectivity index (χ0) is 10.7. The van der Waals surface area contributed by atoms with E-state index in [-0.39, 0.29) is 12.4 Å².